The number of nitrogens with zero attached hydrogens (tertiary/aromatic N) is 2. The molecule has 0 aliphatic carbocycles. The summed E-state index contributed by atoms with van der Waals surface area (Å²) in [5, 5.41) is 1.09. The van der Waals surface area contributed by atoms with E-state index in [4.69, 9.17) is 37.1 Å². The van der Waals surface area contributed by atoms with Gasteiger partial charge in [0.25, 0.3) is 0 Å². The van der Waals surface area contributed by atoms with Crippen LogP contribution in [0.4, 0.5) is 0 Å². The zero-order chi connectivity index (χ0) is 16.7. The van der Waals surface area contributed by atoms with E-state index < -0.39 is 0 Å². The van der Waals surface area contributed by atoms with Crippen molar-refractivity contribution in [2.75, 3.05) is 40.5 Å². The lowest BCUT2D eigenvalue weighted by atomic mass is 10.2. The highest BCUT2D eigenvalue weighted by molar-refractivity contribution is 6.36. The smallest absolute Gasteiger partial charge is 0.227 e. The fourth-order valence-electron chi connectivity index (χ4n) is 2.11. The summed E-state index contributed by atoms with van der Waals surface area (Å²) in [5.74, 6) is 0.486. The maximum absolute atomic E-state index is 6.19. The molecule has 0 spiro atoms. The predicted octanol–water partition coefficient (Wildman–Crippen LogP) is 3.74. The van der Waals surface area contributed by atoms with E-state index in [1.54, 1.807) is 38.7 Å². The maximum atomic E-state index is 6.19. The van der Waals surface area contributed by atoms with Crippen LogP contribution in [0.2, 0.25) is 10.0 Å². The summed E-state index contributed by atoms with van der Waals surface area (Å²) in [5.41, 5.74) is 1.56. The van der Waals surface area contributed by atoms with Gasteiger partial charge in [0.1, 0.15) is 6.26 Å². The van der Waals surface area contributed by atoms with Crippen molar-refractivity contribution in [2.45, 2.75) is 6.54 Å². The molecule has 0 aliphatic heterocycles. The summed E-state index contributed by atoms with van der Waals surface area (Å²) in [4.78, 5) is 6.70. The van der Waals surface area contributed by atoms with Gasteiger partial charge in [0.05, 0.1) is 29.5 Å². The van der Waals surface area contributed by atoms with E-state index in [0.29, 0.717) is 35.7 Å². The summed E-state index contributed by atoms with van der Waals surface area (Å²) in [6, 6.07) is 5.23. The van der Waals surface area contributed by atoms with E-state index in [0.717, 1.165) is 24.3 Å². The van der Waals surface area contributed by atoms with Crippen molar-refractivity contribution in [1.82, 2.24) is 9.88 Å². The van der Waals surface area contributed by atoms with Gasteiger partial charge in [-0.05, 0) is 18.2 Å². The average molecular weight is 359 g/mol. The highest BCUT2D eigenvalue weighted by Gasteiger charge is 2.13. The van der Waals surface area contributed by atoms with Crippen LogP contribution in [0.25, 0.3) is 11.5 Å². The minimum Gasteiger partial charge on any atom is -0.444 e. The van der Waals surface area contributed by atoms with Crippen LogP contribution in [0.3, 0.4) is 0 Å². The second-order valence-electron chi connectivity index (χ2n) is 5.03. The van der Waals surface area contributed by atoms with Crippen molar-refractivity contribution < 1.29 is 13.9 Å². The second-order valence-corrected chi connectivity index (χ2v) is 5.87. The number of ether oxygens (including phenoxy) is 2. The van der Waals surface area contributed by atoms with Gasteiger partial charge >= 0.3 is 0 Å². The van der Waals surface area contributed by atoms with Gasteiger partial charge in [-0.1, -0.05) is 23.2 Å². The summed E-state index contributed by atoms with van der Waals surface area (Å²) in [7, 11) is 3.37. The first kappa shape index (κ1) is 18.2. The molecule has 7 heteroatoms. The van der Waals surface area contributed by atoms with E-state index in [-0.39, 0.29) is 0 Å². The summed E-state index contributed by atoms with van der Waals surface area (Å²) in [6.45, 7) is 3.55. The summed E-state index contributed by atoms with van der Waals surface area (Å²) >= 11 is 12.1. The molecular weight excluding hydrogens is 339 g/mol. The number of hydrogen-bond acceptors (Lipinski definition) is 5. The van der Waals surface area contributed by atoms with Gasteiger partial charge in [0.2, 0.25) is 5.89 Å². The molecule has 0 radical (unpaired) electrons. The number of halogens is 2. The number of hydrogen-bond donors (Lipinski definition) is 0. The molecule has 1 aromatic heterocycles. The molecular formula is C16H20Cl2N2O3. The summed E-state index contributed by atoms with van der Waals surface area (Å²) in [6.07, 6.45) is 1.65. The Labute approximate surface area is 146 Å². The SMILES string of the molecule is COCCN(CCOC)Cc1coc(-c2ccc(Cl)cc2Cl)n1. The highest BCUT2D eigenvalue weighted by Crippen LogP contribution is 2.29. The first-order chi connectivity index (χ1) is 11.1. The third-order valence-electron chi connectivity index (χ3n) is 3.32. The van der Waals surface area contributed by atoms with Crippen LogP contribution in [0, 0.1) is 0 Å². The van der Waals surface area contributed by atoms with Crippen LogP contribution < -0.4 is 0 Å². The van der Waals surface area contributed by atoms with Gasteiger partial charge in [-0.2, -0.15) is 0 Å². The first-order valence-electron chi connectivity index (χ1n) is 7.24. The molecule has 0 N–H and O–H groups in total. The Morgan fingerprint density at radius 1 is 1.13 bits per heavy atom. The Bertz CT molecular complexity index is 611. The average Bonchev–Trinajstić information content (AvgIpc) is 2.98. The van der Waals surface area contributed by atoms with Gasteiger partial charge in [-0.25, -0.2) is 4.98 Å². The van der Waals surface area contributed by atoms with E-state index in [1.165, 1.54) is 0 Å². The van der Waals surface area contributed by atoms with Crippen molar-refractivity contribution in [3.05, 3.63) is 40.2 Å². The minimum absolute atomic E-state index is 0.486. The second kappa shape index (κ2) is 9.25. The monoisotopic (exact) mass is 358 g/mol. The highest BCUT2D eigenvalue weighted by atomic mass is 35.5. The largest absolute Gasteiger partial charge is 0.444 e. The number of benzene rings is 1. The van der Waals surface area contributed by atoms with Gasteiger partial charge in [0.15, 0.2) is 0 Å². The molecule has 0 saturated carbocycles. The number of rotatable bonds is 9. The molecule has 0 saturated heterocycles. The Kier molecular flexibility index (Phi) is 7.33. The van der Waals surface area contributed by atoms with Crippen LogP contribution in [0.5, 0.6) is 0 Å². The quantitative estimate of drug-likeness (QED) is 0.683. The van der Waals surface area contributed by atoms with Crippen molar-refractivity contribution in [2.24, 2.45) is 0 Å². The maximum Gasteiger partial charge on any atom is 0.227 e. The molecule has 2 aromatic rings. The molecule has 5 nitrogen and oxygen atoms in total. The molecule has 0 amide bonds. The zero-order valence-corrected chi connectivity index (χ0v) is 14.7. The van der Waals surface area contributed by atoms with Gasteiger partial charge in [-0.3, -0.25) is 4.90 Å². The first-order valence-corrected chi connectivity index (χ1v) is 7.99. The third-order valence-corrected chi connectivity index (χ3v) is 3.87. The Balaban J connectivity index is 2.07. The number of methoxy groups -OCH3 is 2. The predicted molar refractivity (Wildman–Crippen MR) is 91.0 cm³/mol. The lowest BCUT2D eigenvalue weighted by molar-refractivity contribution is 0.109. The third kappa shape index (κ3) is 5.48. The van der Waals surface area contributed by atoms with Crippen molar-refractivity contribution in [3.63, 3.8) is 0 Å². The molecule has 0 unspecified atom stereocenters. The van der Waals surface area contributed by atoms with Gasteiger partial charge in [0, 0.05) is 38.9 Å². The molecule has 1 aromatic carbocycles. The van der Waals surface area contributed by atoms with Crippen LogP contribution in [-0.4, -0.2) is 50.4 Å². The zero-order valence-electron chi connectivity index (χ0n) is 13.2. The molecule has 0 atom stereocenters. The van der Waals surface area contributed by atoms with Gasteiger partial charge in [-0.15, -0.1) is 0 Å². The van der Waals surface area contributed by atoms with Crippen LogP contribution in [-0.2, 0) is 16.0 Å². The van der Waals surface area contributed by atoms with Crippen LogP contribution >= 0.6 is 23.2 Å². The van der Waals surface area contributed by atoms with Crippen molar-refractivity contribution in [3.8, 4) is 11.5 Å². The fourth-order valence-corrected chi connectivity index (χ4v) is 2.60. The lowest BCUT2D eigenvalue weighted by Gasteiger charge is -2.20. The molecule has 1 heterocycles. The van der Waals surface area contributed by atoms with Crippen LogP contribution in [0.15, 0.2) is 28.9 Å². The molecule has 0 fully saturated rings. The van der Waals surface area contributed by atoms with Crippen LogP contribution in [0.1, 0.15) is 5.69 Å². The topological polar surface area (TPSA) is 47.7 Å². The van der Waals surface area contributed by atoms with E-state index in [9.17, 15) is 0 Å². The standard InChI is InChI=1S/C16H20Cl2N2O3/c1-21-7-5-20(6-8-22-2)10-13-11-23-16(19-13)14-4-3-12(17)9-15(14)18/h3-4,9,11H,5-8,10H2,1-2H3. The number of oxazole rings is 1. The van der Waals surface area contributed by atoms with Crippen molar-refractivity contribution in [1.29, 1.82) is 0 Å². The number of aromatic nitrogens is 1. The van der Waals surface area contributed by atoms with Gasteiger partial charge < -0.3 is 13.9 Å². The minimum atomic E-state index is 0.486. The lowest BCUT2D eigenvalue weighted by Crippen LogP contribution is -2.30. The van der Waals surface area contributed by atoms with E-state index in [2.05, 4.69) is 9.88 Å². The van der Waals surface area contributed by atoms with E-state index in [1.807, 2.05) is 0 Å². The molecule has 126 valence electrons. The normalized spacial score (nSPS) is 11.3. The molecule has 0 aliphatic rings. The van der Waals surface area contributed by atoms with E-state index >= 15 is 0 Å². The Morgan fingerprint density at radius 2 is 1.83 bits per heavy atom. The van der Waals surface area contributed by atoms with Crippen molar-refractivity contribution >= 4 is 23.2 Å². The molecule has 23 heavy (non-hydrogen) atoms. The fraction of sp³-hybridized carbons (Fsp3) is 0.438. The Morgan fingerprint density at radius 3 is 2.43 bits per heavy atom. The molecule has 0 bridgehead atoms. The molecule has 2 rings (SSSR count). The summed E-state index contributed by atoms with van der Waals surface area (Å²) < 4.78 is 15.8. The Hall–Kier alpha value is -1.11.